The van der Waals surface area contributed by atoms with Gasteiger partial charge in [-0.1, -0.05) is 19.3 Å². The molecule has 1 aromatic heterocycles. The summed E-state index contributed by atoms with van der Waals surface area (Å²) in [6.07, 6.45) is 7.88. The summed E-state index contributed by atoms with van der Waals surface area (Å²) in [5, 5.41) is 15.2. The van der Waals surface area contributed by atoms with Gasteiger partial charge in [0.25, 0.3) is 0 Å². The Balaban J connectivity index is 0.00000341. The highest BCUT2D eigenvalue weighted by molar-refractivity contribution is 14.0. The van der Waals surface area contributed by atoms with Crippen LogP contribution >= 0.6 is 24.0 Å². The van der Waals surface area contributed by atoms with Crippen molar-refractivity contribution < 1.29 is 9.47 Å². The molecule has 2 aliphatic rings. The number of halogens is 1. The van der Waals surface area contributed by atoms with Crippen LogP contribution in [0, 0.1) is 6.92 Å². The van der Waals surface area contributed by atoms with Crippen LogP contribution in [0.3, 0.4) is 0 Å². The average molecular weight is 550 g/mol. The van der Waals surface area contributed by atoms with Gasteiger partial charge in [0.15, 0.2) is 11.8 Å². The zero-order chi connectivity index (χ0) is 21.0. The zero-order valence-electron chi connectivity index (χ0n) is 19.1. The van der Waals surface area contributed by atoms with Crippen molar-refractivity contribution in [1.82, 2.24) is 30.3 Å². The van der Waals surface area contributed by atoms with Crippen LogP contribution in [0.1, 0.15) is 50.2 Å². The Morgan fingerprint density at radius 2 is 1.87 bits per heavy atom. The van der Waals surface area contributed by atoms with Crippen molar-refractivity contribution in [3.8, 4) is 0 Å². The molecule has 0 atom stereocenters. The van der Waals surface area contributed by atoms with Crippen molar-refractivity contribution in [2.24, 2.45) is 12.0 Å². The molecular formula is C21H40IN7O2. The molecule has 0 amide bonds. The second-order valence-electron chi connectivity index (χ2n) is 8.18. The third-order valence-electron chi connectivity index (χ3n) is 5.90. The summed E-state index contributed by atoms with van der Waals surface area (Å²) >= 11 is 0. The molecule has 2 heterocycles. The predicted molar refractivity (Wildman–Crippen MR) is 133 cm³/mol. The normalized spacial score (nSPS) is 18.6. The molecule has 0 spiro atoms. The first-order valence-electron chi connectivity index (χ1n) is 11.5. The Kier molecular flexibility index (Phi) is 12.7. The molecule has 1 aromatic rings. The smallest absolute Gasteiger partial charge is 0.191 e. The monoisotopic (exact) mass is 549 g/mol. The summed E-state index contributed by atoms with van der Waals surface area (Å²) in [6, 6.07) is 0. The maximum Gasteiger partial charge on any atom is 0.191 e. The predicted octanol–water partition coefficient (Wildman–Crippen LogP) is 1.85. The van der Waals surface area contributed by atoms with Gasteiger partial charge in [0.05, 0.1) is 19.3 Å². The highest BCUT2D eigenvalue weighted by Gasteiger charge is 2.13. The lowest BCUT2D eigenvalue weighted by Gasteiger charge is -2.26. The minimum absolute atomic E-state index is 0. The number of hydrogen-bond donors (Lipinski definition) is 2. The van der Waals surface area contributed by atoms with Crippen LogP contribution in [0.5, 0.6) is 0 Å². The van der Waals surface area contributed by atoms with Gasteiger partial charge in [-0.2, -0.15) is 0 Å². The van der Waals surface area contributed by atoms with Crippen LogP contribution in [0.2, 0.25) is 0 Å². The molecule has 1 saturated heterocycles. The number of aromatic nitrogens is 3. The molecule has 2 N–H and O–H groups in total. The summed E-state index contributed by atoms with van der Waals surface area (Å²) in [5.41, 5.74) is 0. The van der Waals surface area contributed by atoms with Crippen LogP contribution in [0.25, 0.3) is 0 Å². The Morgan fingerprint density at radius 1 is 1.13 bits per heavy atom. The van der Waals surface area contributed by atoms with Gasteiger partial charge in [-0.05, 0) is 26.2 Å². The van der Waals surface area contributed by atoms with E-state index >= 15 is 0 Å². The quantitative estimate of drug-likeness (QED) is 0.199. The first-order chi connectivity index (χ1) is 14.7. The molecule has 9 nitrogen and oxygen atoms in total. The van der Waals surface area contributed by atoms with Crippen LogP contribution < -0.4 is 10.6 Å². The van der Waals surface area contributed by atoms with Crippen molar-refractivity contribution in [2.45, 2.75) is 58.1 Å². The molecule has 3 rings (SSSR count). The SMILES string of the molecule is Cc1nnc(CN=C(NCCCOC2CCCCC2)NCCN2CCOCC2)n1C.I. The van der Waals surface area contributed by atoms with E-state index in [4.69, 9.17) is 14.5 Å². The molecule has 0 unspecified atom stereocenters. The lowest BCUT2D eigenvalue weighted by Crippen LogP contribution is -2.44. The molecule has 31 heavy (non-hydrogen) atoms. The maximum absolute atomic E-state index is 6.03. The van der Waals surface area contributed by atoms with Gasteiger partial charge in [0, 0.05) is 46.4 Å². The number of guanidine groups is 1. The van der Waals surface area contributed by atoms with E-state index in [0.717, 1.165) is 76.6 Å². The molecule has 10 heteroatoms. The van der Waals surface area contributed by atoms with Gasteiger partial charge in [0.2, 0.25) is 0 Å². The van der Waals surface area contributed by atoms with Crippen molar-refractivity contribution in [2.75, 3.05) is 52.5 Å². The van der Waals surface area contributed by atoms with Crippen LogP contribution in [-0.2, 0) is 23.1 Å². The van der Waals surface area contributed by atoms with E-state index in [0.29, 0.717) is 12.6 Å². The molecule has 178 valence electrons. The second kappa shape index (κ2) is 15.0. The third kappa shape index (κ3) is 9.58. The van der Waals surface area contributed by atoms with Crippen LogP contribution in [-0.4, -0.2) is 84.3 Å². The highest BCUT2D eigenvalue weighted by atomic mass is 127. The lowest BCUT2D eigenvalue weighted by molar-refractivity contribution is 0.0277. The Morgan fingerprint density at radius 3 is 2.58 bits per heavy atom. The van der Waals surface area contributed by atoms with Gasteiger partial charge >= 0.3 is 0 Å². The van der Waals surface area contributed by atoms with Gasteiger partial charge < -0.3 is 24.7 Å². The standard InChI is InChI=1S/C21H39N7O2.HI/c1-18-25-26-20(27(18)2)17-24-21(23-10-11-28-12-15-29-16-13-28)22-9-6-14-30-19-7-4-3-5-8-19;/h19H,3-17H2,1-2H3,(H2,22,23,24);1H. The number of aryl methyl sites for hydroxylation is 1. The summed E-state index contributed by atoms with van der Waals surface area (Å²) in [7, 11) is 1.97. The first kappa shape index (κ1) is 26.3. The van der Waals surface area contributed by atoms with Gasteiger partial charge in [-0.3, -0.25) is 4.90 Å². The number of nitrogens with zero attached hydrogens (tertiary/aromatic N) is 5. The fourth-order valence-corrected chi connectivity index (χ4v) is 3.83. The van der Waals surface area contributed by atoms with E-state index in [1.54, 1.807) is 0 Å². The van der Waals surface area contributed by atoms with E-state index in [1.807, 2.05) is 18.5 Å². The van der Waals surface area contributed by atoms with Gasteiger partial charge in [-0.25, -0.2) is 4.99 Å². The summed E-state index contributed by atoms with van der Waals surface area (Å²) < 4.78 is 13.4. The van der Waals surface area contributed by atoms with Gasteiger partial charge in [0.1, 0.15) is 12.4 Å². The molecule has 0 aromatic carbocycles. The molecule has 0 radical (unpaired) electrons. The number of morpholine rings is 1. The second-order valence-corrected chi connectivity index (χ2v) is 8.18. The number of nitrogens with one attached hydrogen (secondary N) is 2. The van der Waals surface area contributed by atoms with Crippen molar-refractivity contribution in [3.05, 3.63) is 11.6 Å². The highest BCUT2D eigenvalue weighted by Crippen LogP contribution is 2.20. The fourth-order valence-electron chi connectivity index (χ4n) is 3.83. The maximum atomic E-state index is 6.03. The first-order valence-corrected chi connectivity index (χ1v) is 11.5. The largest absolute Gasteiger partial charge is 0.379 e. The average Bonchev–Trinajstić information content (AvgIpc) is 3.10. The molecule has 1 saturated carbocycles. The van der Waals surface area contributed by atoms with Gasteiger partial charge in [-0.15, -0.1) is 34.2 Å². The van der Waals surface area contributed by atoms with Crippen LogP contribution in [0.15, 0.2) is 4.99 Å². The Labute approximate surface area is 203 Å². The van der Waals surface area contributed by atoms with Crippen LogP contribution in [0.4, 0.5) is 0 Å². The third-order valence-corrected chi connectivity index (χ3v) is 5.90. The minimum Gasteiger partial charge on any atom is -0.379 e. The number of aliphatic imine (C=N–C) groups is 1. The molecule has 1 aliphatic carbocycles. The summed E-state index contributed by atoms with van der Waals surface area (Å²) in [5.74, 6) is 2.58. The van der Waals surface area contributed by atoms with E-state index in [9.17, 15) is 0 Å². The molecular weight excluding hydrogens is 509 g/mol. The fraction of sp³-hybridized carbons (Fsp3) is 0.857. The van der Waals surface area contributed by atoms with E-state index in [1.165, 1.54) is 32.1 Å². The Bertz CT molecular complexity index is 644. The van der Waals surface area contributed by atoms with Crippen molar-refractivity contribution in [1.29, 1.82) is 0 Å². The van der Waals surface area contributed by atoms with E-state index in [-0.39, 0.29) is 24.0 Å². The van der Waals surface area contributed by atoms with Crippen molar-refractivity contribution >= 4 is 29.9 Å². The topological polar surface area (TPSA) is 88.8 Å². The summed E-state index contributed by atoms with van der Waals surface area (Å²) in [6.45, 7) is 9.58. The zero-order valence-corrected chi connectivity index (χ0v) is 21.5. The van der Waals surface area contributed by atoms with E-state index < -0.39 is 0 Å². The molecule has 1 aliphatic heterocycles. The minimum atomic E-state index is 0. The molecule has 0 bridgehead atoms. The van der Waals surface area contributed by atoms with Crippen molar-refractivity contribution in [3.63, 3.8) is 0 Å². The summed E-state index contributed by atoms with van der Waals surface area (Å²) in [4.78, 5) is 7.14. The number of ether oxygens (including phenoxy) is 2. The lowest BCUT2D eigenvalue weighted by atomic mass is 9.98. The Hall–Kier alpha value is -0.980. The number of hydrogen-bond acceptors (Lipinski definition) is 6. The van der Waals surface area contributed by atoms with E-state index in [2.05, 4.69) is 25.7 Å². The molecule has 2 fully saturated rings. The number of rotatable bonds is 10.